The van der Waals surface area contributed by atoms with Gasteiger partial charge < -0.3 is 4.74 Å². The van der Waals surface area contributed by atoms with Crippen molar-refractivity contribution in [2.24, 2.45) is 0 Å². The molecule has 5 heteroatoms. The van der Waals surface area contributed by atoms with Crippen molar-refractivity contribution in [3.63, 3.8) is 0 Å². The van der Waals surface area contributed by atoms with E-state index in [1.165, 1.54) is 0 Å². The van der Waals surface area contributed by atoms with Gasteiger partial charge in [0.05, 0.1) is 24.2 Å². The van der Waals surface area contributed by atoms with E-state index in [1.54, 1.807) is 16.4 Å². The lowest BCUT2D eigenvalue weighted by molar-refractivity contribution is 0.0893. The Hall–Kier alpha value is -1.95. The Morgan fingerprint density at radius 3 is 2.52 bits per heavy atom. The normalized spacial score (nSPS) is 18.4. The van der Waals surface area contributed by atoms with Crippen molar-refractivity contribution >= 4 is 10.0 Å². The van der Waals surface area contributed by atoms with E-state index in [4.69, 9.17) is 4.74 Å². The van der Waals surface area contributed by atoms with Crippen LogP contribution in [0.25, 0.3) is 0 Å². The Morgan fingerprint density at radius 1 is 1.08 bits per heavy atom. The summed E-state index contributed by atoms with van der Waals surface area (Å²) in [6, 6.07) is 16.6. The summed E-state index contributed by atoms with van der Waals surface area (Å²) in [7, 11) is -3.52. The van der Waals surface area contributed by atoms with Crippen molar-refractivity contribution in [1.29, 1.82) is 0 Å². The first-order valence-corrected chi connectivity index (χ1v) is 9.88. The van der Waals surface area contributed by atoms with Gasteiger partial charge in [0.1, 0.15) is 0 Å². The minimum atomic E-state index is -3.52. The first-order chi connectivity index (χ1) is 12.1. The highest BCUT2D eigenvalue weighted by Gasteiger charge is 2.31. The van der Waals surface area contributed by atoms with Crippen LogP contribution in [-0.4, -0.2) is 31.9 Å². The number of sulfonamides is 1. The quantitative estimate of drug-likeness (QED) is 0.743. The van der Waals surface area contributed by atoms with Crippen LogP contribution in [0.4, 0.5) is 0 Å². The molecule has 0 aromatic heterocycles. The van der Waals surface area contributed by atoms with E-state index in [2.05, 4.69) is 0 Å². The van der Waals surface area contributed by atoms with E-state index in [0.29, 0.717) is 24.7 Å². The Balaban J connectivity index is 1.70. The minimum absolute atomic E-state index is 0.274. The molecular formula is C20H23NO3S. The SMILES string of the molecule is Cc1ccc(S(=O)(=O)N2CCC=CC2COCc2ccccc2)cc1. The highest BCUT2D eigenvalue weighted by atomic mass is 32.2. The lowest BCUT2D eigenvalue weighted by Gasteiger charge is -2.31. The molecule has 2 aromatic carbocycles. The van der Waals surface area contributed by atoms with Gasteiger partial charge in [-0.25, -0.2) is 8.42 Å². The molecule has 0 saturated heterocycles. The van der Waals surface area contributed by atoms with Gasteiger partial charge in [-0.1, -0.05) is 60.2 Å². The van der Waals surface area contributed by atoms with Crippen LogP contribution in [0.2, 0.25) is 0 Å². The second kappa shape index (κ2) is 7.95. The number of aryl methyl sites for hydroxylation is 1. The maximum atomic E-state index is 13.0. The summed E-state index contributed by atoms with van der Waals surface area (Å²) in [4.78, 5) is 0.335. The van der Waals surface area contributed by atoms with E-state index in [0.717, 1.165) is 17.5 Å². The van der Waals surface area contributed by atoms with Crippen molar-refractivity contribution in [2.45, 2.75) is 30.9 Å². The van der Waals surface area contributed by atoms with Gasteiger partial charge in [-0.2, -0.15) is 4.31 Å². The van der Waals surface area contributed by atoms with Gasteiger partial charge >= 0.3 is 0 Å². The highest BCUT2D eigenvalue weighted by molar-refractivity contribution is 7.89. The standard InChI is InChI=1S/C20H23NO3S/c1-17-10-12-20(13-11-17)25(22,23)21-14-6-5-9-19(21)16-24-15-18-7-3-2-4-8-18/h2-5,7-13,19H,6,14-16H2,1H3. The maximum Gasteiger partial charge on any atom is 0.243 e. The van der Waals surface area contributed by atoms with E-state index >= 15 is 0 Å². The molecule has 1 unspecified atom stereocenters. The summed E-state index contributed by atoms with van der Waals surface area (Å²) < 4.78 is 33.3. The van der Waals surface area contributed by atoms with Crippen molar-refractivity contribution in [3.05, 3.63) is 77.9 Å². The van der Waals surface area contributed by atoms with E-state index in [9.17, 15) is 8.42 Å². The van der Waals surface area contributed by atoms with Gasteiger partial charge in [0.15, 0.2) is 0 Å². The van der Waals surface area contributed by atoms with Crippen LogP contribution in [0.3, 0.4) is 0 Å². The van der Waals surface area contributed by atoms with Gasteiger partial charge in [-0.3, -0.25) is 0 Å². The number of benzene rings is 2. The number of hydrogen-bond donors (Lipinski definition) is 0. The molecule has 0 aliphatic carbocycles. The predicted octanol–water partition coefficient (Wildman–Crippen LogP) is 3.53. The second-order valence-electron chi connectivity index (χ2n) is 6.21. The number of hydrogen-bond acceptors (Lipinski definition) is 3. The predicted molar refractivity (Wildman–Crippen MR) is 98.7 cm³/mol. The molecule has 132 valence electrons. The minimum Gasteiger partial charge on any atom is -0.375 e. The van der Waals surface area contributed by atoms with Gasteiger partial charge in [0.2, 0.25) is 10.0 Å². The van der Waals surface area contributed by atoms with Crippen LogP contribution in [0.1, 0.15) is 17.5 Å². The van der Waals surface area contributed by atoms with Gasteiger partial charge in [-0.05, 0) is 31.0 Å². The molecule has 0 bridgehead atoms. The lowest BCUT2D eigenvalue weighted by atomic mass is 10.2. The molecule has 25 heavy (non-hydrogen) atoms. The molecule has 1 aliphatic rings. The fraction of sp³-hybridized carbons (Fsp3) is 0.300. The third-order valence-electron chi connectivity index (χ3n) is 4.27. The molecule has 0 N–H and O–H groups in total. The zero-order valence-corrected chi connectivity index (χ0v) is 15.2. The average Bonchev–Trinajstić information content (AvgIpc) is 2.63. The Bertz CT molecular complexity index is 814. The number of ether oxygens (including phenoxy) is 1. The summed E-state index contributed by atoms with van der Waals surface area (Å²) in [6.07, 6.45) is 4.68. The Kier molecular flexibility index (Phi) is 5.68. The fourth-order valence-electron chi connectivity index (χ4n) is 2.87. The van der Waals surface area contributed by atoms with E-state index in [-0.39, 0.29) is 6.04 Å². The summed E-state index contributed by atoms with van der Waals surface area (Å²) in [6.45, 7) is 3.24. The molecule has 0 spiro atoms. The fourth-order valence-corrected chi connectivity index (χ4v) is 4.46. The van der Waals surface area contributed by atoms with Crippen LogP contribution >= 0.6 is 0 Å². The van der Waals surface area contributed by atoms with Crippen LogP contribution in [0.5, 0.6) is 0 Å². The van der Waals surface area contributed by atoms with Gasteiger partial charge in [0, 0.05) is 6.54 Å². The van der Waals surface area contributed by atoms with Crippen molar-refractivity contribution in [1.82, 2.24) is 4.31 Å². The zero-order valence-electron chi connectivity index (χ0n) is 14.3. The molecule has 2 aromatic rings. The summed E-state index contributed by atoms with van der Waals surface area (Å²) >= 11 is 0. The van der Waals surface area contributed by atoms with Crippen molar-refractivity contribution in [3.8, 4) is 0 Å². The molecule has 4 nitrogen and oxygen atoms in total. The van der Waals surface area contributed by atoms with Crippen LogP contribution < -0.4 is 0 Å². The molecular weight excluding hydrogens is 334 g/mol. The average molecular weight is 357 g/mol. The van der Waals surface area contributed by atoms with Gasteiger partial charge in [-0.15, -0.1) is 0 Å². The van der Waals surface area contributed by atoms with Crippen LogP contribution in [0.15, 0.2) is 71.6 Å². The second-order valence-corrected chi connectivity index (χ2v) is 8.10. The molecule has 0 saturated carbocycles. The van der Waals surface area contributed by atoms with Crippen molar-refractivity contribution in [2.75, 3.05) is 13.2 Å². The molecule has 1 atom stereocenters. The van der Waals surface area contributed by atoms with Crippen LogP contribution in [0, 0.1) is 6.92 Å². The third-order valence-corrected chi connectivity index (χ3v) is 6.21. The maximum absolute atomic E-state index is 13.0. The van der Waals surface area contributed by atoms with Crippen LogP contribution in [-0.2, 0) is 21.4 Å². The molecule has 0 fully saturated rings. The Labute approximate surface area is 149 Å². The van der Waals surface area contributed by atoms with Crippen molar-refractivity contribution < 1.29 is 13.2 Å². The number of nitrogens with zero attached hydrogens (tertiary/aromatic N) is 1. The van der Waals surface area contributed by atoms with E-state index < -0.39 is 10.0 Å². The highest BCUT2D eigenvalue weighted by Crippen LogP contribution is 2.23. The molecule has 0 amide bonds. The molecule has 3 rings (SSSR count). The lowest BCUT2D eigenvalue weighted by Crippen LogP contribution is -2.44. The largest absolute Gasteiger partial charge is 0.375 e. The van der Waals surface area contributed by atoms with E-state index in [1.807, 2.05) is 61.5 Å². The molecule has 1 aliphatic heterocycles. The summed E-state index contributed by atoms with van der Waals surface area (Å²) in [5, 5.41) is 0. The summed E-state index contributed by atoms with van der Waals surface area (Å²) in [5.74, 6) is 0. The smallest absolute Gasteiger partial charge is 0.243 e. The number of rotatable bonds is 6. The Morgan fingerprint density at radius 2 is 1.80 bits per heavy atom. The molecule has 1 heterocycles. The first-order valence-electron chi connectivity index (χ1n) is 8.44. The third kappa shape index (κ3) is 4.37. The zero-order chi connectivity index (χ0) is 17.7. The monoisotopic (exact) mass is 357 g/mol. The topological polar surface area (TPSA) is 46.6 Å². The molecule has 0 radical (unpaired) electrons. The first kappa shape index (κ1) is 17.9. The summed E-state index contributed by atoms with van der Waals surface area (Å²) in [5.41, 5.74) is 2.12. The van der Waals surface area contributed by atoms with Gasteiger partial charge in [0.25, 0.3) is 0 Å².